The van der Waals surface area contributed by atoms with Crippen molar-refractivity contribution in [2.45, 2.75) is 0 Å². The van der Waals surface area contributed by atoms with E-state index in [1.807, 2.05) is 60.7 Å². The molecule has 0 fully saturated rings. The van der Waals surface area contributed by atoms with Gasteiger partial charge in [0.1, 0.15) is 0 Å². The fraction of sp³-hybridized carbons (Fsp3) is 0. The number of aromatic nitrogens is 2. The summed E-state index contributed by atoms with van der Waals surface area (Å²) in [5.41, 5.74) is 14.9. The van der Waals surface area contributed by atoms with Gasteiger partial charge in [-0.05, 0) is 48.6 Å². The summed E-state index contributed by atoms with van der Waals surface area (Å²) in [7, 11) is 0. The molecule has 2 aromatic carbocycles. The molecule has 39 heavy (non-hydrogen) atoms. The average Bonchev–Trinajstić information content (AvgIpc) is 3.55. The molecule has 2 heterocycles. The summed E-state index contributed by atoms with van der Waals surface area (Å²) >= 11 is 3.11. The second kappa shape index (κ2) is 13.5. The Labute approximate surface area is 243 Å². The van der Waals surface area contributed by atoms with E-state index in [0.29, 0.717) is 11.1 Å². The summed E-state index contributed by atoms with van der Waals surface area (Å²) in [5.74, 6) is -0.0257. The van der Waals surface area contributed by atoms with Crippen LogP contribution in [0.1, 0.15) is 0 Å². The van der Waals surface area contributed by atoms with Gasteiger partial charge in [0.15, 0.2) is 11.6 Å². The van der Waals surface area contributed by atoms with E-state index in [1.165, 1.54) is 12.2 Å². The minimum absolute atomic E-state index is 0. The van der Waals surface area contributed by atoms with Crippen molar-refractivity contribution in [3.05, 3.63) is 121 Å². The molecule has 0 spiro atoms. The van der Waals surface area contributed by atoms with Crippen LogP contribution in [-0.4, -0.2) is 21.5 Å². The van der Waals surface area contributed by atoms with Crippen LogP contribution in [-0.2, 0) is 26.7 Å². The average molecular weight is 595 g/mol. The Morgan fingerprint density at radius 3 is 1.41 bits per heavy atom. The Kier molecular flexibility index (Phi) is 9.60. The predicted molar refractivity (Wildman–Crippen MR) is 155 cm³/mol. The van der Waals surface area contributed by atoms with Gasteiger partial charge in [0.05, 0.1) is 20.4 Å². The first kappa shape index (κ1) is 27.7. The third kappa shape index (κ3) is 7.40. The third-order valence-electron chi connectivity index (χ3n) is 5.24. The molecule has 0 saturated carbocycles. The van der Waals surface area contributed by atoms with Crippen LogP contribution in [0, 0.1) is 0 Å². The summed E-state index contributed by atoms with van der Waals surface area (Å²) < 4.78 is 2.24. The molecule has 0 saturated heterocycles. The van der Waals surface area contributed by atoms with E-state index in [9.17, 15) is 9.59 Å². The molecule has 0 amide bonds. The number of hydrogen-bond acceptors (Lipinski definition) is 10. The van der Waals surface area contributed by atoms with E-state index in [2.05, 4.69) is 31.7 Å². The minimum Gasteiger partial charge on any atom is -0.306 e. The second-order valence-corrected chi connectivity index (χ2v) is 9.94. The van der Waals surface area contributed by atoms with Gasteiger partial charge in [0, 0.05) is 40.6 Å². The zero-order valence-electron chi connectivity index (χ0n) is 20.3. The monoisotopic (exact) mass is 594 g/mol. The zero-order valence-corrected chi connectivity index (χ0v) is 23.0. The van der Waals surface area contributed by atoms with E-state index < -0.39 is 0 Å². The van der Waals surface area contributed by atoms with Crippen molar-refractivity contribution in [1.29, 1.82) is 0 Å². The Bertz CT molecular complexity index is 1490. The second-order valence-electron chi connectivity index (χ2n) is 7.88. The maximum Gasteiger partial charge on any atom is 0.202 e. The smallest absolute Gasteiger partial charge is 0.202 e. The fourth-order valence-corrected chi connectivity index (χ4v) is 5.06. The molecule has 0 aliphatic heterocycles. The molecule has 2 aliphatic carbocycles. The van der Waals surface area contributed by atoms with Gasteiger partial charge in [0.25, 0.3) is 0 Å². The number of nitrogens with zero attached hydrogens (tertiary/aromatic N) is 2. The quantitative estimate of drug-likeness (QED) is 0.130. The molecule has 196 valence electrons. The number of para-hydroxylation sites is 2. The van der Waals surface area contributed by atoms with Gasteiger partial charge < -0.3 is 10.9 Å². The normalized spacial score (nSPS) is 15.8. The van der Waals surface area contributed by atoms with Crippen LogP contribution in [0.3, 0.4) is 0 Å². The molecular formula is C28H22FeN6O2S2. The maximum absolute atomic E-state index is 11.5. The Balaban J connectivity index is 0.000000176. The number of hydrazine groups is 2. The number of benzene rings is 2. The first-order valence-electron chi connectivity index (χ1n) is 11.6. The molecule has 2 aliphatic rings. The van der Waals surface area contributed by atoms with E-state index in [-0.39, 0.29) is 28.6 Å². The van der Waals surface area contributed by atoms with Crippen LogP contribution in [0.5, 0.6) is 0 Å². The number of hydrogen-bond donors (Lipinski definition) is 4. The summed E-state index contributed by atoms with van der Waals surface area (Å²) in [6, 6.07) is 15.9. The zero-order chi connectivity index (χ0) is 26.2. The van der Waals surface area contributed by atoms with Crippen molar-refractivity contribution in [1.82, 2.24) is 20.8 Å². The van der Waals surface area contributed by atoms with Crippen molar-refractivity contribution >= 4 is 64.9 Å². The first-order valence-corrected chi connectivity index (χ1v) is 13.2. The van der Waals surface area contributed by atoms with Crippen LogP contribution in [0.2, 0.25) is 0 Å². The molecule has 2 aromatic heterocycles. The minimum atomic E-state index is -0.0129. The fourth-order valence-electron chi connectivity index (χ4n) is 3.40. The van der Waals surface area contributed by atoms with Gasteiger partial charge in [-0.1, -0.05) is 71.2 Å². The summed E-state index contributed by atoms with van der Waals surface area (Å²) in [6.45, 7) is 0. The number of thiazole rings is 2. The number of rotatable bonds is 6. The van der Waals surface area contributed by atoms with Crippen molar-refractivity contribution in [2.75, 3.05) is 10.9 Å². The number of fused-ring (bicyclic) bond motifs is 2. The number of carbonyl (C=O) groups excluding carboxylic acids is 2. The largest absolute Gasteiger partial charge is 0.306 e. The Morgan fingerprint density at radius 1 is 0.590 bits per heavy atom. The number of carbonyl (C=O) groups is 2. The number of ketones is 2. The molecular weight excluding hydrogens is 572 g/mol. The van der Waals surface area contributed by atoms with Gasteiger partial charge in [-0.3, -0.25) is 20.4 Å². The van der Waals surface area contributed by atoms with Crippen LogP contribution in [0.4, 0.5) is 10.3 Å². The predicted octanol–water partition coefficient (Wildman–Crippen LogP) is 5.58. The Hall–Kier alpha value is -4.28. The van der Waals surface area contributed by atoms with E-state index in [0.717, 1.165) is 30.7 Å². The molecule has 0 unspecified atom stereocenters. The maximum atomic E-state index is 11.5. The molecule has 6 rings (SSSR count). The standard InChI is InChI=1S/2C14H11N3OS.Fe/c2*18-12-7-3-1-5-10(12)9-15-17-14-16-11-6-2-4-8-13(11)19-14;/h2*1-9,15H,(H,16,17);/b2*10-9-;. The molecule has 0 radical (unpaired) electrons. The van der Waals surface area contributed by atoms with Crippen LogP contribution in [0.15, 0.2) is 121 Å². The summed E-state index contributed by atoms with van der Waals surface area (Å²) in [4.78, 5) is 31.8. The molecule has 0 bridgehead atoms. The molecule has 0 atom stereocenters. The first-order chi connectivity index (χ1) is 18.7. The van der Waals surface area contributed by atoms with Gasteiger partial charge in [-0.25, -0.2) is 9.97 Å². The summed E-state index contributed by atoms with van der Waals surface area (Å²) in [6.07, 6.45) is 16.9. The molecule has 4 N–H and O–H groups in total. The molecule has 8 nitrogen and oxygen atoms in total. The molecule has 4 aromatic rings. The van der Waals surface area contributed by atoms with Crippen molar-refractivity contribution < 1.29 is 26.7 Å². The van der Waals surface area contributed by atoms with Crippen LogP contribution in [0.25, 0.3) is 20.4 Å². The summed E-state index contributed by atoms with van der Waals surface area (Å²) in [5, 5.41) is 1.53. The third-order valence-corrected chi connectivity index (χ3v) is 7.14. The SMILES string of the molecule is O=C1C=CC=C/C1=C/NNc1nc2ccccc2s1.O=C1C=CC=C/C1=C/NNc1nc2ccccc2s1.[Fe]. The van der Waals surface area contributed by atoms with E-state index in [1.54, 1.807) is 59.4 Å². The Morgan fingerprint density at radius 2 is 1.00 bits per heavy atom. The number of anilines is 2. The number of nitrogens with one attached hydrogen (secondary N) is 4. The van der Waals surface area contributed by atoms with Crippen LogP contribution < -0.4 is 21.7 Å². The van der Waals surface area contributed by atoms with Gasteiger partial charge in [0.2, 0.25) is 10.3 Å². The number of allylic oxidation sites excluding steroid dienone is 10. The van der Waals surface area contributed by atoms with Crippen molar-refractivity contribution in [3.63, 3.8) is 0 Å². The van der Waals surface area contributed by atoms with E-state index >= 15 is 0 Å². The van der Waals surface area contributed by atoms with E-state index in [4.69, 9.17) is 0 Å². The molecule has 11 heteroatoms. The van der Waals surface area contributed by atoms with Gasteiger partial charge >= 0.3 is 0 Å². The van der Waals surface area contributed by atoms with Crippen molar-refractivity contribution in [3.8, 4) is 0 Å². The van der Waals surface area contributed by atoms with Crippen LogP contribution >= 0.6 is 22.7 Å². The van der Waals surface area contributed by atoms with Crippen molar-refractivity contribution in [2.24, 2.45) is 0 Å². The topological polar surface area (TPSA) is 108 Å². The van der Waals surface area contributed by atoms with Gasteiger partial charge in [-0.2, -0.15) is 0 Å². The van der Waals surface area contributed by atoms with Gasteiger partial charge in [-0.15, -0.1) is 0 Å².